The minimum atomic E-state index is 0.106. The van der Waals surface area contributed by atoms with Gasteiger partial charge in [0, 0.05) is 12.5 Å². The van der Waals surface area contributed by atoms with Crippen molar-refractivity contribution in [3.63, 3.8) is 0 Å². The fourth-order valence-electron chi connectivity index (χ4n) is 2.61. The Morgan fingerprint density at radius 3 is 2.61 bits per heavy atom. The third-order valence-corrected chi connectivity index (χ3v) is 4.09. The molecule has 0 amide bonds. The van der Waals surface area contributed by atoms with Crippen molar-refractivity contribution in [1.82, 2.24) is 0 Å². The first kappa shape index (κ1) is 11.8. The van der Waals surface area contributed by atoms with Crippen LogP contribution in [-0.2, 0) is 0 Å². The van der Waals surface area contributed by atoms with Crippen molar-refractivity contribution in [3.8, 4) is 11.5 Å². The van der Waals surface area contributed by atoms with Gasteiger partial charge in [-0.05, 0) is 42.4 Å². The maximum absolute atomic E-state index is 6.36. The summed E-state index contributed by atoms with van der Waals surface area (Å²) < 4.78 is 11.4. The molecule has 18 heavy (non-hydrogen) atoms. The van der Waals surface area contributed by atoms with Crippen molar-refractivity contribution in [2.24, 2.45) is 17.6 Å². The van der Waals surface area contributed by atoms with Gasteiger partial charge in [-0.25, -0.2) is 0 Å². The number of nitrogens with two attached hydrogens (primary N) is 1. The minimum absolute atomic E-state index is 0.106. The third-order valence-electron chi connectivity index (χ3n) is 4.09. The van der Waals surface area contributed by atoms with Crippen molar-refractivity contribution >= 4 is 0 Å². The van der Waals surface area contributed by atoms with Gasteiger partial charge in [0.15, 0.2) is 11.5 Å². The Balaban J connectivity index is 1.81. The molecule has 1 aliphatic carbocycles. The van der Waals surface area contributed by atoms with E-state index in [0.29, 0.717) is 5.92 Å². The van der Waals surface area contributed by atoms with Crippen molar-refractivity contribution in [3.05, 3.63) is 23.8 Å². The second-order valence-corrected chi connectivity index (χ2v) is 5.48. The lowest BCUT2D eigenvalue weighted by Crippen LogP contribution is -2.20. The molecule has 3 nitrogen and oxygen atoms in total. The molecule has 2 N–H and O–H groups in total. The van der Waals surface area contributed by atoms with Crippen LogP contribution in [0.5, 0.6) is 11.5 Å². The molecule has 2 unspecified atom stereocenters. The van der Waals surface area contributed by atoms with Gasteiger partial charge >= 0.3 is 0 Å². The molecule has 1 aromatic carbocycles. The number of benzene rings is 1. The molecule has 0 saturated heterocycles. The zero-order valence-corrected chi connectivity index (χ0v) is 10.9. The summed E-state index contributed by atoms with van der Waals surface area (Å²) in [6, 6.07) is 6.24. The molecule has 2 aliphatic rings. The Hall–Kier alpha value is -1.22. The van der Waals surface area contributed by atoms with E-state index in [1.165, 1.54) is 18.4 Å². The number of hydrogen-bond donors (Lipinski definition) is 1. The van der Waals surface area contributed by atoms with Crippen molar-refractivity contribution in [2.45, 2.75) is 32.2 Å². The van der Waals surface area contributed by atoms with Crippen LogP contribution in [0.25, 0.3) is 0 Å². The van der Waals surface area contributed by atoms with Gasteiger partial charge in [0.25, 0.3) is 0 Å². The Labute approximate surface area is 108 Å². The molecule has 98 valence electrons. The van der Waals surface area contributed by atoms with Gasteiger partial charge in [-0.1, -0.05) is 13.0 Å². The lowest BCUT2D eigenvalue weighted by molar-refractivity contribution is 0.296. The number of hydrogen-bond acceptors (Lipinski definition) is 3. The molecule has 3 rings (SSSR count). The van der Waals surface area contributed by atoms with Gasteiger partial charge in [-0.2, -0.15) is 0 Å². The van der Waals surface area contributed by atoms with Gasteiger partial charge in [0.05, 0.1) is 13.2 Å². The highest BCUT2D eigenvalue weighted by atomic mass is 16.5. The first-order valence-corrected chi connectivity index (χ1v) is 6.91. The van der Waals surface area contributed by atoms with Crippen molar-refractivity contribution < 1.29 is 9.47 Å². The van der Waals surface area contributed by atoms with E-state index in [4.69, 9.17) is 15.2 Å². The van der Waals surface area contributed by atoms with Crippen LogP contribution in [0.2, 0.25) is 0 Å². The van der Waals surface area contributed by atoms with E-state index >= 15 is 0 Å². The fourth-order valence-corrected chi connectivity index (χ4v) is 2.61. The molecule has 1 aromatic rings. The maximum Gasteiger partial charge on any atom is 0.161 e. The lowest BCUT2D eigenvalue weighted by atomic mass is 9.91. The third kappa shape index (κ3) is 2.32. The molecule has 3 heteroatoms. The van der Waals surface area contributed by atoms with Crippen LogP contribution in [0, 0.1) is 11.8 Å². The number of fused-ring (bicyclic) bond motifs is 1. The van der Waals surface area contributed by atoms with Crippen LogP contribution < -0.4 is 15.2 Å². The second kappa shape index (κ2) is 4.81. The average molecular weight is 247 g/mol. The molecule has 1 heterocycles. The molecule has 1 fully saturated rings. The number of rotatable bonds is 3. The summed E-state index contributed by atoms with van der Waals surface area (Å²) in [6.45, 7) is 3.71. The molecule has 0 bridgehead atoms. The normalized spacial score (nSPS) is 22.1. The predicted octanol–water partition coefficient (Wildman–Crippen LogP) is 2.89. The van der Waals surface area contributed by atoms with E-state index in [1.54, 1.807) is 0 Å². The second-order valence-electron chi connectivity index (χ2n) is 5.48. The summed E-state index contributed by atoms with van der Waals surface area (Å²) in [7, 11) is 0. The van der Waals surface area contributed by atoms with Crippen molar-refractivity contribution in [2.75, 3.05) is 13.2 Å². The highest BCUT2D eigenvalue weighted by Gasteiger charge is 2.32. The SMILES string of the molecule is CC(C1CC1)C(N)c1ccc2c(c1)OCCCO2. The van der Waals surface area contributed by atoms with E-state index in [0.717, 1.165) is 37.1 Å². The Kier molecular flexibility index (Phi) is 3.16. The first-order valence-electron chi connectivity index (χ1n) is 6.91. The topological polar surface area (TPSA) is 44.5 Å². The maximum atomic E-state index is 6.36. The summed E-state index contributed by atoms with van der Waals surface area (Å²) in [5, 5.41) is 0. The van der Waals surface area contributed by atoms with Crippen LogP contribution in [0.4, 0.5) is 0 Å². The first-order chi connectivity index (χ1) is 8.75. The van der Waals surface area contributed by atoms with E-state index in [2.05, 4.69) is 19.1 Å². The van der Waals surface area contributed by atoms with E-state index in [-0.39, 0.29) is 6.04 Å². The van der Waals surface area contributed by atoms with Gasteiger partial charge in [-0.15, -0.1) is 0 Å². The lowest BCUT2D eigenvalue weighted by Gasteiger charge is -2.21. The highest BCUT2D eigenvalue weighted by Crippen LogP contribution is 2.43. The summed E-state index contributed by atoms with van der Waals surface area (Å²) in [5.74, 6) is 3.07. The van der Waals surface area contributed by atoms with Gasteiger partial charge in [0.2, 0.25) is 0 Å². The van der Waals surface area contributed by atoms with E-state index in [1.807, 2.05) is 6.07 Å². The molecule has 1 saturated carbocycles. The van der Waals surface area contributed by atoms with Gasteiger partial charge < -0.3 is 15.2 Å². The Morgan fingerprint density at radius 1 is 1.17 bits per heavy atom. The summed E-state index contributed by atoms with van der Waals surface area (Å²) in [5.41, 5.74) is 7.52. The molecular formula is C15H21NO2. The monoisotopic (exact) mass is 247 g/mol. The van der Waals surface area contributed by atoms with Crippen LogP contribution in [0.1, 0.15) is 37.8 Å². The fraction of sp³-hybridized carbons (Fsp3) is 0.600. The van der Waals surface area contributed by atoms with Crippen LogP contribution in [0.3, 0.4) is 0 Å². The molecule has 0 aromatic heterocycles. The predicted molar refractivity (Wildman–Crippen MR) is 70.9 cm³/mol. The van der Waals surface area contributed by atoms with Crippen LogP contribution in [0.15, 0.2) is 18.2 Å². The van der Waals surface area contributed by atoms with Crippen LogP contribution in [-0.4, -0.2) is 13.2 Å². The minimum Gasteiger partial charge on any atom is -0.490 e. The number of ether oxygens (including phenoxy) is 2. The van der Waals surface area contributed by atoms with E-state index < -0.39 is 0 Å². The quantitative estimate of drug-likeness (QED) is 0.893. The standard InChI is InChI=1S/C15H21NO2/c1-10(11-3-4-11)15(16)12-5-6-13-14(9-12)18-8-2-7-17-13/h5-6,9-11,15H,2-4,7-8,16H2,1H3. The smallest absolute Gasteiger partial charge is 0.161 e. The molecule has 0 spiro atoms. The molecule has 1 aliphatic heterocycles. The van der Waals surface area contributed by atoms with Crippen LogP contribution >= 0.6 is 0 Å². The summed E-state index contributed by atoms with van der Waals surface area (Å²) >= 11 is 0. The largest absolute Gasteiger partial charge is 0.490 e. The van der Waals surface area contributed by atoms with Gasteiger partial charge in [0.1, 0.15) is 0 Å². The summed E-state index contributed by atoms with van der Waals surface area (Å²) in [6.07, 6.45) is 3.60. The Morgan fingerprint density at radius 2 is 1.89 bits per heavy atom. The van der Waals surface area contributed by atoms with Gasteiger partial charge in [-0.3, -0.25) is 0 Å². The molecule has 0 radical (unpaired) electrons. The van der Waals surface area contributed by atoms with E-state index in [9.17, 15) is 0 Å². The zero-order valence-electron chi connectivity index (χ0n) is 10.9. The van der Waals surface area contributed by atoms with Crippen molar-refractivity contribution in [1.29, 1.82) is 0 Å². The Bertz CT molecular complexity index is 429. The summed E-state index contributed by atoms with van der Waals surface area (Å²) in [4.78, 5) is 0. The zero-order chi connectivity index (χ0) is 12.5. The molecule has 2 atom stereocenters. The highest BCUT2D eigenvalue weighted by molar-refractivity contribution is 5.44. The molecular weight excluding hydrogens is 226 g/mol. The average Bonchev–Trinajstić information content (AvgIpc) is 3.22.